The minimum Gasteiger partial charge on any atom is -0.309 e. The summed E-state index contributed by atoms with van der Waals surface area (Å²) >= 11 is 0. The molecular formula is C29H25N. The minimum absolute atomic E-state index is 0.345. The molecule has 0 spiro atoms. The summed E-state index contributed by atoms with van der Waals surface area (Å²) in [7, 11) is 0. The van der Waals surface area contributed by atoms with Crippen molar-refractivity contribution in [2.75, 3.05) is 0 Å². The van der Waals surface area contributed by atoms with Gasteiger partial charge in [-0.3, -0.25) is 0 Å². The van der Waals surface area contributed by atoms with Gasteiger partial charge in [-0.15, -0.1) is 0 Å². The number of hydrogen-bond acceptors (Lipinski definition) is 0. The lowest BCUT2D eigenvalue weighted by molar-refractivity contribution is 0.636. The lowest BCUT2D eigenvalue weighted by Gasteiger charge is -2.22. The van der Waals surface area contributed by atoms with Crippen LogP contribution >= 0.6 is 0 Å². The molecule has 30 heavy (non-hydrogen) atoms. The maximum Gasteiger partial charge on any atom is 0.0573 e. The molecule has 4 aromatic rings. The second-order valence-corrected chi connectivity index (χ2v) is 7.89. The van der Waals surface area contributed by atoms with Crippen molar-refractivity contribution in [2.24, 2.45) is 5.92 Å². The zero-order chi connectivity index (χ0) is 20.3. The van der Waals surface area contributed by atoms with E-state index in [9.17, 15) is 0 Å². The second-order valence-electron chi connectivity index (χ2n) is 7.89. The molecular weight excluding hydrogens is 362 g/mol. The van der Waals surface area contributed by atoms with Crippen molar-refractivity contribution in [1.29, 1.82) is 0 Å². The van der Waals surface area contributed by atoms with Crippen LogP contribution in [-0.2, 0) is 0 Å². The van der Waals surface area contributed by atoms with Gasteiger partial charge in [0.25, 0.3) is 0 Å². The first-order valence-electron chi connectivity index (χ1n) is 10.6. The van der Waals surface area contributed by atoms with E-state index in [1.807, 2.05) is 0 Å². The van der Waals surface area contributed by atoms with Crippen molar-refractivity contribution in [2.45, 2.75) is 12.8 Å². The van der Waals surface area contributed by atoms with Crippen LogP contribution in [0.5, 0.6) is 0 Å². The monoisotopic (exact) mass is 387 g/mol. The maximum atomic E-state index is 2.43. The van der Waals surface area contributed by atoms with E-state index in [-0.39, 0.29) is 0 Å². The summed E-state index contributed by atoms with van der Waals surface area (Å²) in [6.07, 6.45) is 9.00. The fourth-order valence-corrected chi connectivity index (χ4v) is 4.45. The predicted molar refractivity (Wildman–Crippen MR) is 127 cm³/mol. The lowest BCUT2D eigenvalue weighted by Crippen LogP contribution is -2.09. The number of nitrogens with zero attached hydrogens (tertiary/aromatic N) is 1. The summed E-state index contributed by atoms with van der Waals surface area (Å²) in [4.78, 5) is 0. The molecule has 0 aliphatic heterocycles. The highest BCUT2D eigenvalue weighted by molar-refractivity contribution is 5.77. The maximum absolute atomic E-state index is 2.43. The molecule has 3 aromatic carbocycles. The average Bonchev–Trinajstić information content (AvgIpc) is 3.21. The highest BCUT2D eigenvalue weighted by Crippen LogP contribution is 2.42. The molecule has 1 aliphatic rings. The van der Waals surface area contributed by atoms with Crippen molar-refractivity contribution in [3.8, 4) is 28.2 Å². The molecule has 146 valence electrons. The van der Waals surface area contributed by atoms with Crippen LogP contribution in [0.1, 0.15) is 18.4 Å². The smallest absolute Gasteiger partial charge is 0.0573 e. The molecule has 2 unspecified atom stereocenters. The van der Waals surface area contributed by atoms with Gasteiger partial charge in [-0.05, 0) is 40.8 Å². The summed E-state index contributed by atoms with van der Waals surface area (Å²) in [5, 5.41) is 0. The van der Waals surface area contributed by atoms with E-state index >= 15 is 0 Å². The van der Waals surface area contributed by atoms with E-state index in [1.165, 1.54) is 33.8 Å². The summed E-state index contributed by atoms with van der Waals surface area (Å²) in [5.41, 5.74) is 7.53. The van der Waals surface area contributed by atoms with Gasteiger partial charge in [0.1, 0.15) is 0 Å². The highest BCUT2D eigenvalue weighted by atomic mass is 15.0. The van der Waals surface area contributed by atoms with Crippen LogP contribution in [-0.4, -0.2) is 4.57 Å². The number of rotatable bonds is 4. The van der Waals surface area contributed by atoms with Gasteiger partial charge in [-0.1, -0.05) is 110 Å². The Kier molecular flexibility index (Phi) is 4.94. The summed E-state index contributed by atoms with van der Waals surface area (Å²) in [6, 6.07) is 34.6. The molecule has 5 rings (SSSR count). The molecule has 1 heterocycles. The molecule has 0 radical (unpaired) electrons. The van der Waals surface area contributed by atoms with Gasteiger partial charge >= 0.3 is 0 Å². The Balaban J connectivity index is 1.85. The summed E-state index contributed by atoms with van der Waals surface area (Å²) < 4.78 is 2.43. The van der Waals surface area contributed by atoms with Crippen molar-refractivity contribution >= 4 is 0 Å². The molecule has 1 aromatic heterocycles. The third kappa shape index (κ3) is 3.33. The number of allylic oxidation sites excluding steroid dienone is 4. The Hall–Kier alpha value is -3.58. The van der Waals surface area contributed by atoms with E-state index < -0.39 is 0 Å². The SMILES string of the molecule is CC1C=CC=CC1c1cc(-c2ccccc2)n(-c2ccccc2)c1-c1ccccc1. The minimum atomic E-state index is 0.345. The molecule has 1 heteroatoms. The first kappa shape index (κ1) is 18.4. The average molecular weight is 388 g/mol. The Morgan fingerprint density at radius 2 is 1.20 bits per heavy atom. The molecule has 0 fully saturated rings. The Morgan fingerprint density at radius 1 is 0.633 bits per heavy atom. The van der Waals surface area contributed by atoms with Crippen LogP contribution in [0, 0.1) is 5.92 Å². The van der Waals surface area contributed by atoms with Crippen molar-refractivity contribution in [3.63, 3.8) is 0 Å². The predicted octanol–water partition coefficient (Wildman–Crippen LogP) is 7.66. The molecule has 0 bridgehead atoms. The fraction of sp³-hybridized carbons (Fsp3) is 0.103. The van der Waals surface area contributed by atoms with E-state index in [0.717, 1.165) is 0 Å². The van der Waals surface area contributed by atoms with Gasteiger partial charge in [0.15, 0.2) is 0 Å². The molecule has 2 atom stereocenters. The first-order chi connectivity index (χ1) is 14.8. The molecule has 0 saturated carbocycles. The Morgan fingerprint density at radius 3 is 1.83 bits per heavy atom. The van der Waals surface area contributed by atoms with Crippen LogP contribution < -0.4 is 0 Å². The van der Waals surface area contributed by atoms with Gasteiger partial charge in [-0.25, -0.2) is 0 Å². The largest absolute Gasteiger partial charge is 0.309 e. The standard InChI is InChI=1S/C29H25N/c1-22-13-11-12-20-26(22)27-21-28(23-14-5-2-6-15-23)30(25-18-9-4-10-19-25)29(27)24-16-7-3-8-17-24/h2-22,26H,1H3. The Labute approximate surface area is 178 Å². The van der Waals surface area contributed by atoms with E-state index in [0.29, 0.717) is 11.8 Å². The fourth-order valence-electron chi connectivity index (χ4n) is 4.45. The van der Waals surface area contributed by atoms with Crippen LogP contribution in [0.3, 0.4) is 0 Å². The zero-order valence-corrected chi connectivity index (χ0v) is 17.1. The quantitative estimate of drug-likeness (QED) is 0.339. The number of aromatic nitrogens is 1. The van der Waals surface area contributed by atoms with Crippen LogP contribution in [0.4, 0.5) is 0 Å². The molecule has 0 saturated heterocycles. The lowest BCUT2D eigenvalue weighted by atomic mass is 9.83. The van der Waals surface area contributed by atoms with Crippen LogP contribution in [0.15, 0.2) is 121 Å². The number of para-hydroxylation sites is 1. The van der Waals surface area contributed by atoms with Crippen LogP contribution in [0.2, 0.25) is 0 Å². The zero-order valence-electron chi connectivity index (χ0n) is 17.1. The molecule has 0 amide bonds. The number of hydrogen-bond donors (Lipinski definition) is 0. The number of benzene rings is 3. The second kappa shape index (κ2) is 8.04. The molecule has 1 aliphatic carbocycles. The van der Waals surface area contributed by atoms with Crippen molar-refractivity contribution < 1.29 is 0 Å². The first-order valence-corrected chi connectivity index (χ1v) is 10.6. The van der Waals surface area contributed by atoms with Gasteiger partial charge in [-0.2, -0.15) is 0 Å². The Bertz CT molecular complexity index is 1180. The van der Waals surface area contributed by atoms with Crippen LogP contribution in [0.25, 0.3) is 28.2 Å². The molecule has 0 N–H and O–H groups in total. The van der Waals surface area contributed by atoms with Gasteiger partial charge in [0.2, 0.25) is 0 Å². The summed E-state index contributed by atoms with van der Waals surface area (Å²) in [5.74, 6) is 0.797. The van der Waals surface area contributed by atoms with E-state index in [4.69, 9.17) is 0 Å². The van der Waals surface area contributed by atoms with Gasteiger partial charge in [0, 0.05) is 11.6 Å². The van der Waals surface area contributed by atoms with Crippen molar-refractivity contribution in [3.05, 3.63) is 127 Å². The van der Waals surface area contributed by atoms with Crippen molar-refractivity contribution in [1.82, 2.24) is 4.57 Å². The van der Waals surface area contributed by atoms with E-state index in [2.05, 4.69) is 133 Å². The van der Waals surface area contributed by atoms with Gasteiger partial charge < -0.3 is 4.57 Å². The highest BCUT2D eigenvalue weighted by Gasteiger charge is 2.26. The summed E-state index contributed by atoms with van der Waals surface area (Å²) in [6.45, 7) is 2.31. The third-order valence-corrected chi connectivity index (χ3v) is 5.93. The topological polar surface area (TPSA) is 4.93 Å². The third-order valence-electron chi connectivity index (χ3n) is 5.93. The van der Waals surface area contributed by atoms with E-state index in [1.54, 1.807) is 0 Å². The van der Waals surface area contributed by atoms with Gasteiger partial charge in [0.05, 0.1) is 11.4 Å². The molecule has 1 nitrogen and oxygen atoms in total. The normalized spacial score (nSPS) is 17.9.